The second kappa shape index (κ2) is 8.00. The lowest BCUT2D eigenvalue weighted by molar-refractivity contribution is 0.242. The highest BCUT2D eigenvalue weighted by molar-refractivity contribution is 5.49. The molecule has 0 saturated carbocycles. The Morgan fingerprint density at radius 1 is 1.32 bits per heavy atom. The fraction of sp³-hybridized carbons (Fsp3) is 0.667. The third-order valence-electron chi connectivity index (χ3n) is 2.99. The number of hydrogen-bond donors (Lipinski definition) is 1. The van der Waals surface area contributed by atoms with Gasteiger partial charge in [0.15, 0.2) is 11.6 Å². The van der Waals surface area contributed by atoms with Crippen molar-refractivity contribution < 1.29 is 4.74 Å². The molecule has 0 amide bonds. The third-order valence-corrected chi connectivity index (χ3v) is 2.99. The van der Waals surface area contributed by atoms with Gasteiger partial charge in [0.05, 0.1) is 6.10 Å². The van der Waals surface area contributed by atoms with Crippen LogP contribution in [0.1, 0.15) is 34.1 Å². The van der Waals surface area contributed by atoms with Gasteiger partial charge in [-0.15, -0.1) is 0 Å². The molecule has 4 nitrogen and oxygen atoms in total. The van der Waals surface area contributed by atoms with Crippen molar-refractivity contribution in [2.24, 2.45) is 0 Å². The van der Waals surface area contributed by atoms with Crippen molar-refractivity contribution in [3.63, 3.8) is 0 Å². The molecule has 0 atom stereocenters. The molecule has 0 radical (unpaired) electrons. The van der Waals surface area contributed by atoms with Crippen LogP contribution in [0, 0.1) is 0 Å². The van der Waals surface area contributed by atoms with Crippen LogP contribution in [0.25, 0.3) is 0 Å². The number of nitrogens with one attached hydrogen (secondary N) is 1. The van der Waals surface area contributed by atoms with E-state index >= 15 is 0 Å². The highest BCUT2D eigenvalue weighted by Gasteiger charge is 2.06. The number of ether oxygens (including phenoxy) is 1. The van der Waals surface area contributed by atoms with E-state index in [1.54, 1.807) is 6.20 Å². The van der Waals surface area contributed by atoms with Crippen LogP contribution in [0.4, 0.5) is 5.82 Å². The molecule has 1 aromatic rings. The van der Waals surface area contributed by atoms with E-state index < -0.39 is 0 Å². The monoisotopic (exact) mass is 265 g/mol. The number of pyridine rings is 1. The van der Waals surface area contributed by atoms with Crippen molar-refractivity contribution in [3.05, 3.63) is 18.3 Å². The summed E-state index contributed by atoms with van der Waals surface area (Å²) in [7, 11) is 2.15. The zero-order valence-electron chi connectivity index (χ0n) is 12.8. The zero-order valence-corrected chi connectivity index (χ0v) is 12.8. The minimum absolute atomic E-state index is 0.164. The fourth-order valence-corrected chi connectivity index (χ4v) is 1.67. The molecular weight excluding hydrogens is 238 g/mol. The summed E-state index contributed by atoms with van der Waals surface area (Å²) in [6.07, 6.45) is 3.04. The summed E-state index contributed by atoms with van der Waals surface area (Å²) in [6.45, 7) is 10.4. The minimum Gasteiger partial charge on any atom is -0.487 e. The highest BCUT2D eigenvalue weighted by atomic mass is 16.5. The van der Waals surface area contributed by atoms with Crippen LogP contribution in [-0.4, -0.2) is 42.2 Å². The molecule has 1 aromatic heterocycles. The Labute approximate surface area is 117 Å². The SMILES string of the molecule is CC(C)Oc1cccnc1NCCCN(C)C(C)C. The molecule has 0 bridgehead atoms. The fourth-order valence-electron chi connectivity index (χ4n) is 1.67. The molecule has 0 aliphatic heterocycles. The first-order valence-electron chi connectivity index (χ1n) is 7.06. The molecule has 1 N–H and O–H groups in total. The van der Waals surface area contributed by atoms with E-state index in [9.17, 15) is 0 Å². The smallest absolute Gasteiger partial charge is 0.168 e. The number of anilines is 1. The molecule has 108 valence electrons. The summed E-state index contributed by atoms with van der Waals surface area (Å²) in [5.41, 5.74) is 0. The molecule has 0 fully saturated rings. The van der Waals surface area contributed by atoms with E-state index in [4.69, 9.17) is 4.74 Å². The van der Waals surface area contributed by atoms with Crippen LogP contribution in [0.5, 0.6) is 5.75 Å². The molecule has 0 spiro atoms. The van der Waals surface area contributed by atoms with Crippen LogP contribution in [-0.2, 0) is 0 Å². The number of nitrogens with zero attached hydrogens (tertiary/aromatic N) is 2. The summed E-state index contributed by atoms with van der Waals surface area (Å²) in [6, 6.07) is 4.44. The first kappa shape index (κ1) is 15.8. The quantitative estimate of drug-likeness (QED) is 0.733. The van der Waals surface area contributed by atoms with Gasteiger partial charge in [0, 0.05) is 18.8 Å². The lowest BCUT2D eigenvalue weighted by atomic mass is 10.3. The highest BCUT2D eigenvalue weighted by Crippen LogP contribution is 2.21. The Morgan fingerprint density at radius 2 is 2.05 bits per heavy atom. The average Bonchev–Trinajstić information content (AvgIpc) is 2.35. The molecule has 0 aliphatic rings. The summed E-state index contributed by atoms with van der Waals surface area (Å²) >= 11 is 0. The van der Waals surface area contributed by atoms with Crippen LogP contribution in [0.3, 0.4) is 0 Å². The Bertz CT molecular complexity index is 366. The summed E-state index contributed by atoms with van der Waals surface area (Å²) in [5, 5.41) is 3.35. The molecule has 1 rings (SSSR count). The van der Waals surface area contributed by atoms with E-state index in [0.717, 1.165) is 31.1 Å². The summed E-state index contributed by atoms with van der Waals surface area (Å²) in [4.78, 5) is 6.67. The van der Waals surface area contributed by atoms with E-state index in [1.165, 1.54) is 0 Å². The lowest BCUT2D eigenvalue weighted by Gasteiger charge is -2.21. The van der Waals surface area contributed by atoms with Crippen molar-refractivity contribution in [1.29, 1.82) is 0 Å². The third kappa shape index (κ3) is 5.92. The van der Waals surface area contributed by atoms with Crippen LogP contribution >= 0.6 is 0 Å². The molecular formula is C15H27N3O. The number of rotatable bonds is 8. The Hall–Kier alpha value is -1.29. The molecule has 4 heteroatoms. The predicted octanol–water partition coefficient (Wildman–Crippen LogP) is 3.01. The maximum Gasteiger partial charge on any atom is 0.168 e. The molecule has 0 unspecified atom stereocenters. The first-order valence-corrected chi connectivity index (χ1v) is 7.06. The Balaban J connectivity index is 2.40. The standard InChI is InChI=1S/C15H27N3O/c1-12(2)18(5)11-7-10-17-15-14(19-13(3)4)8-6-9-16-15/h6,8-9,12-13H,7,10-11H2,1-5H3,(H,16,17). The van der Waals surface area contributed by atoms with Crippen molar-refractivity contribution in [3.8, 4) is 5.75 Å². The van der Waals surface area contributed by atoms with Gasteiger partial charge < -0.3 is 15.0 Å². The maximum absolute atomic E-state index is 5.73. The largest absolute Gasteiger partial charge is 0.487 e. The topological polar surface area (TPSA) is 37.4 Å². The van der Waals surface area contributed by atoms with Gasteiger partial charge in [-0.1, -0.05) is 0 Å². The van der Waals surface area contributed by atoms with Gasteiger partial charge in [0.1, 0.15) is 0 Å². The summed E-state index contributed by atoms with van der Waals surface area (Å²) < 4.78 is 5.73. The number of hydrogen-bond acceptors (Lipinski definition) is 4. The first-order chi connectivity index (χ1) is 9.00. The second-order valence-corrected chi connectivity index (χ2v) is 5.37. The molecule has 0 saturated heterocycles. The van der Waals surface area contributed by atoms with Gasteiger partial charge in [0.25, 0.3) is 0 Å². The Morgan fingerprint density at radius 3 is 2.68 bits per heavy atom. The number of aromatic nitrogens is 1. The van der Waals surface area contributed by atoms with E-state index in [2.05, 4.69) is 36.1 Å². The van der Waals surface area contributed by atoms with Crippen molar-refractivity contribution in [1.82, 2.24) is 9.88 Å². The second-order valence-electron chi connectivity index (χ2n) is 5.37. The van der Waals surface area contributed by atoms with Gasteiger partial charge in [-0.3, -0.25) is 0 Å². The van der Waals surface area contributed by atoms with E-state index in [0.29, 0.717) is 6.04 Å². The zero-order chi connectivity index (χ0) is 14.3. The van der Waals surface area contributed by atoms with Crippen molar-refractivity contribution >= 4 is 5.82 Å². The molecule has 1 heterocycles. The van der Waals surface area contributed by atoms with Crippen LogP contribution < -0.4 is 10.1 Å². The normalized spacial score (nSPS) is 11.4. The van der Waals surface area contributed by atoms with Crippen LogP contribution in [0.15, 0.2) is 18.3 Å². The van der Waals surface area contributed by atoms with Gasteiger partial charge in [-0.05, 0) is 59.8 Å². The van der Waals surface area contributed by atoms with Crippen molar-refractivity contribution in [2.75, 3.05) is 25.5 Å². The van der Waals surface area contributed by atoms with Gasteiger partial charge in [0.2, 0.25) is 0 Å². The maximum atomic E-state index is 5.73. The van der Waals surface area contributed by atoms with Gasteiger partial charge in [-0.25, -0.2) is 4.98 Å². The predicted molar refractivity (Wildman–Crippen MR) is 80.9 cm³/mol. The Kier molecular flexibility index (Phi) is 6.64. The van der Waals surface area contributed by atoms with Gasteiger partial charge >= 0.3 is 0 Å². The van der Waals surface area contributed by atoms with Gasteiger partial charge in [-0.2, -0.15) is 0 Å². The molecule has 0 aliphatic carbocycles. The molecule has 0 aromatic carbocycles. The van der Waals surface area contributed by atoms with Crippen molar-refractivity contribution in [2.45, 2.75) is 46.3 Å². The van der Waals surface area contributed by atoms with Crippen LogP contribution in [0.2, 0.25) is 0 Å². The summed E-state index contributed by atoms with van der Waals surface area (Å²) in [5.74, 6) is 1.66. The average molecular weight is 265 g/mol. The van der Waals surface area contributed by atoms with E-state index in [-0.39, 0.29) is 6.10 Å². The minimum atomic E-state index is 0.164. The lowest BCUT2D eigenvalue weighted by Crippen LogP contribution is -2.28. The molecule has 19 heavy (non-hydrogen) atoms. The van der Waals surface area contributed by atoms with E-state index in [1.807, 2.05) is 26.0 Å².